The normalized spacial score (nSPS) is 18.8. The molecular formula is C15H16FN3O. The highest BCUT2D eigenvalue weighted by Crippen LogP contribution is 2.30. The maximum atomic E-state index is 12.9. The summed E-state index contributed by atoms with van der Waals surface area (Å²) in [4.78, 5) is 8.68. The molecule has 0 aliphatic carbocycles. The molecule has 1 aromatic heterocycles. The van der Waals surface area contributed by atoms with Gasteiger partial charge in [0.05, 0.1) is 0 Å². The van der Waals surface area contributed by atoms with E-state index in [9.17, 15) is 4.39 Å². The summed E-state index contributed by atoms with van der Waals surface area (Å²) in [6.45, 7) is 1.93. The van der Waals surface area contributed by atoms with Crippen LogP contribution in [0.1, 0.15) is 24.5 Å². The predicted octanol–water partition coefficient (Wildman–Crippen LogP) is 2.88. The summed E-state index contributed by atoms with van der Waals surface area (Å²) in [6.07, 6.45) is 5.49. The number of ether oxygens (including phenoxy) is 1. The Kier molecular flexibility index (Phi) is 3.87. The molecule has 1 aliphatic heterocycles. The monoisotopic (exact) mass is 273 g/mol. The van der Waals surface area contributed by atoms with Crippen LogP contribution in [0.25, 0.3) is 0 Å². The maximum Gasteiger partial charge on any atom is 0.241 e. The minimum atomic E-state index is -0.284. The van der Waals surface area contributed by atoms with Crippen molar-refractivity contribution in [3.63, 3.8) is 0 Å². The topological polar surface area (TPSA) is 47.0 Å². The minimum Gasteiger partial charge on any atom is -0.437 e. The van der Waals surface area contributed by atoms with Crippen LogP contribution in [0.15, 0.2) is 36.7 Å². The fourth-order valence-electron chi connectivity index (χ4n) is 2.39. The first-order valence-corrected chi connectivity index (χ1v) is 6.78. The van der Waals surface area contributed by atoms with E-state index in [-0.39, 0.29) is 5.82 Å². The van der Waals surface area contributed by atoms with E-state index in [0.717, 1.165) is 31.6 Å². The summed E-state index contributed by atoms with van der Waals surface area (Å²) >= 11 is 0. The second-order valence-electron chi connectivity index (χ2n) is 4.85. The number of benzene rings is 1. The SMILES string of the molecule is Fc1ccc(Oc2nccnc2C2CCCNC2)cc1. The van der Waals surface area contributed by atoms with Crippen LogP contribution in [-0.2, 0) is 0 Å². The molecule has 1 atom stereocenters. The third-order valence-electron chi connectivity index (χ3n) is 3.40. The molecule has 5 heteroatoms. The lowest BCUT2D eigenvalue weighted by atomic mass is 9.96. The van der Waals surface area contributed by atoms with Crippen molar-refractivity contribution in [3.8, 4) is 11.6 Å². The van der Waals surface area contributed by atoms with Crippen LogP contribution in [0, 0.1) is 5.82 Å². The lowest BCUT2D eigenvalue weighted by molar-refractivity contribution is 0.411. The van der Waals surface area contributed by atoms with Crippen LogP contribution in [0.3, 0.4) is 0 Å². The van der Waals surface area contributed by atoms with E-state index < -0.39 is 0 Å². The van der Waals surface area contributed by atoms with Crippen molar-refractivity contribution in [2.24, 2.45) is 0 Å². The van der Waals surface area contributed by atoms with Crippen LogP contribution >= 0.6 is 0 Å². The van der Waals surface area contributed by atoms with Gasteiger partial charge in [-0.15, -0.1) is 0 Å². The van der Waals surface area contributed by atoms with Gasteiger partial charge >= 0.3 is 0 Å². The zero-order valence-electron chi connectivity index (χ0n) is 11.1. The smallest absolute Gasteiger partial charge is 0.241 e. The number of hydrogen-bond acceptors (Lipinski definition) is 4. The Bertz CT molecular complexity index is 568. The molecule has 1 fully saturated rings. The number of nitrogens with zero attached hydrogens (tertiary/aromatic N) is 2. The van der Waals surface area contributed by atoms with Crippen molar-refractivity contribution >= 4 is 0 Å². The second kappa shape index (κ2) is 5.96. The van der Waals surface area contributed by atoms with Crippen LogP contribution in [0.2, 0.25) is 0 Å². The molecule has 104 valence electrons. The molecule has 0 saturated carbocycles. The van der Waals surface area contributed by atoms with Gasteiger partial charge in [0.25, 0.3) is 0 Å². The van der Waals surface area contributed by atoms with Crippen LogP contribution in [0.5, 0.6) is 11.6 Å². The Morgan fingerprint density at radius 1 is 1.15 bits per heavy atom. The Morgan fingerprint density at radius 3 is 2.70 bits per heavy atom. The number of nitrogens with one attached hydrogen (secondary N) is 1. The fraction of sp³-hybridized carbons (Fsp3) is 0.333. The van der Waals surface area contributed by atoms with E-state index in [2.05, 4.69) is 15.3 Å². The van der Waals surface area contributed by atoms with E-state index in [1.807, 2.05) is 0 Å². The van der Waals surface area contributed by atoms with Gasteiger partial charge in [-0.1, -0.05) is 0 Å². The molecule has 1 N–H and O–H groups in total. The zero-order valence-corrected chi connectivity index (χ0v) is 11.1. The second-order valence-corrected chi connectivity index (χ2v) is 4.85. The highest BCUT2D eigenvalue weighted by molar-refractivity contribution is 5.31. The Hall–Kier alpha value is -2.01. The molecule has 1 unspecified atom stereocenters. The number of hydrogen-bond donors (Lipinski definition) is 1. The summed E-state index contributed by atoms with van der Waals surface area (Å²) in [5.41, 5.74) is 0.865. The van der Waals surface area contributed by atoms with Crippen LogP contribution in [0.4, 0.5) is 4.39 Å². The lowest BCUT2D eigenvalue weighted by Gasteiger charge is -2.23. The van der Waals surface area contributed by atoms with Crippen LogP contribution < -0.4 is 10.1 Å². The number of halogens is 1. The van der Waals surface area contributed by atoms with Crippen molar-refractivity contribution in [2.45, 2.75) is 18.8 Å². The lowest BCUT2D eigenvalue weighted by Crippen LogP contribution is -2.29. The van der Waals surface area contributed by atoms with E-state index in [0.29, 0.717) is 17.5 Å². The third kappa shape index (κ3) is 2.93. The van der Waals surface area contributed by atoms with E-state index >= 15 is 0 Å². The predicted molar refractivity (Wildman–Crippen MR) is 73.4 cm³/mol. The van der Waals surface area contributed by atoms with Gasteiger partial charge < -0.3 is 10.1 Å². The molecule has 1 aliphatic rings. The van der Waals surface area contributed by atoms with Crippen molar-refractivity contribution in [3.05, 3.63) is 48.2 Å². The van der Waals surface area contributed by atoms with Crippen molar-refractivity contribution < 1.29 is 9.13 Å². The molecule has 1 aromatic carbocycles. The zero-order chi connectivity index (χ0) is 13.8. The quantitative estimate of drug-likeness (QED) is 0.934. The van der Waals surface area contributed by atoms with Gasteiger partial charge in [-0.25, -0.2) is 9.37 Å². The van der Waals surface area contributed by atoms with Gasteiger partial charge in [0.2, 0.25) is 5.88 Å². The molecule has 3 rings (SSSR count). The maximum absolute atomic E-state index is 12.9. The first-order valence-electron chi connectivity index (χ1n) is 6.78. The molecule has 0 spiro atoms. The number of piperidine rings is 1. The van der Waals surface area contributed by atoms with E-state index in [1.165, 1.54) is 12.1 Å². The standard InChI is InChI=1S/C15H16FN3O/c16-12-3-5-13(6-4-12)20-15-14(18-8-9-19-15)11-2-1-7-17-10-11/h3-6,8-9,11,17H,1-2,7,10H2. The average Bonchev–Trinajstić information content (AvgIpc) is 2.51. The molecule has 0 bridgehead atoms. The fourth-order valence-corrected chi connectivity index (χ4v) is 2.39. The Labute approximate surface area is 117 Å². The summed E-state index contributed by atoms with van der Waals surface area (Å²) in [6, 6.07) is 5.92. The Morgan fingerprint density at radius 2 is 1.95 bits per heavy atom. The summed E-state index contributed by atoms with van der Waals surface area (Å²) in [7, 11) is 0. The van der Waals surface area contributed by atoms with Crippen LogP contribution in [-0.4, -0.2) is 23.1 Å². The Balaban J connectivity index is 1.83. The van der Waals surface area contributed by atoms with Crippen molar-refractivity contribution in [1.29, 1.82) is 0 Å². The van der Waals surface area contributed by atoms with Gasteiger partial charge in [0, 0.05) is 24.9 Å². The largest absolute Gasteiger partial charge is 0.437 e. The molecule has 1 saturated heterocycles. The molecule has 0 amide bonds. The highest BCUT2D eigenvalue weighted by Gasteiger charge is 2.21. The molecule has 20 heavy (non-hydrogen) atoms. The van der Waals surface area contributed by atoms with E-state index in [4.69, 9.17) is 4.74 Å². The van der Waals surface area contributed by atoms with Gasteiger partial charge in [-0.2, -0.15) is 0 Å². The first kappa shape index (κ1) is 13.0. The first-order chi connectivity index (χ1) is 9.83. The summed E-state index contributed by atoms with van der Waals surface area (Å²) in [5, 5.41) is 3.36. The van der Waals surface area contributed by atoms with Gasteiger partial charge in [0.1, 0.15) is 17.3 Å². The van der Waals surface area contributed by atoms with Gasteiger partial charge in [-0.3, -0.25) is 4.98 Å². The molecule has 2 aromatic rings. The average molecular weight is 273 g/mol. The van der Waals surface area contributed by atoms with Gasteiger partial charge in [-0.05, 0) is 43.7 Å². The highest BCUT2D eigenvalue weighted by atomic mass is 19.1. The molecular weight excluding hydrogens is 257 g/mol. The third-order valence-corrected chi connectivity index (χ3v) is 3.40. The van der Waals surface area contributed by atoms with Crippen molar-refractivity contribution in [2.75, 3.05) is 13.1 Å². The molecule has 2 heterocycles. The van der Waals surface area contributed by atoms with Crippen molar-refractivity contribution in [1.82, 2.24) is 15.3 Å². The molecule has 4 nitrogen and oxygen atoms in total. The molecule has 0 radical (unpaired) electrons. The van der Waals surface area contributed by atoms with E-state index in [1.54, 1.807) is 24.5 Å². The minimum absolute atomic E-state index is 0.284. The number of rotatable bonds is 3. The summed E-state index contributed by atoms with van der Waals surface area (Å²) < 4.78 is 18.7. The summed E-state index contributed by atoms with van der Waals surface area (Å²) in [5.74, 6) is 1.10. The van der Waals surface area contributed by atoms with Gasteiger partial charge in [0.15, 0.2) is 0 Å². The number of aromatic nitrogens is 2.